The van der Waals surface area contributed by atoms with Gasteiger partial charge in [-0.1, -0.05) is 25.0 Å². The normalized spacial score (nSPS) is 25.1. The third-order valence-electron chi connectivity index (χ3n) is 6.10. The van der Waals surface area contributed by atoms with Gasteiger partial charge in [0.1, 0.15) is 5.82 Å². The molecule has 0 aromatic heterocycles. The highest BCUT2D eigenvalue weighted by atomic mass is 19.1. The minimum absolute atomic E-state index is 0.0415. The molecule has 6 heteroatoms. The van der Waals surface area contributed by atoms with Crippen molar-refractivity contribution in [3.8, 4) is 0 Å². The van der Waals surface area contributed by atoms with E-state index in [4.69, 9.17) is 4.74 Å². The maximum absolute atomic E-state index is 13.1. The Labute approximate surface area is 159 Å². The van der Waals surface area contributed by atoms with Crippen molar-refractivity contribution in [1.82, 2.24) is 4.90 Å². The van der Waals surface area contributed by atoms with Crippen LogP contribution in [0.1, 0.15) is 50.2 Å². The van der Waals surface area contributed by atoms with Gasteiger partial charge in [0.15, 0.2) is 0 Å². The summed E-state index contributed by atoms with van der Waals surface area (Å²) in [6, 6.07) is 5.93. The van der Waals surface area contributed by atoms with Crippen LogP contribution in [0.4, 0.5) is 4.39 Å². The fraction of sp³-hybridized carbons (Fsp3) is 0.619. The quantitative estimate of drug-likeness (QED) is 0.819. The van der Waals surface area contributed by atoms with E-state index in [1.807, 2.05) is 4.90 Å². The van der Waals surface area contributed by atoms with Crippen LogP contribution in [0.3, 0.4) is 0 Å². The molecule has 2 fully saturated rings. The summed E-state index contributed by atoms with van der Waals surface area (Å²) >= 11 is 0. The predicted molar refractivity (Wildman–Crippen MR) is 98.1 cm³/mol. The van der Waals surface area contributed by atoms with Gasteiger partial charge in [0.05, 0.1) is 25.0 Å². The first-order valence-corrected chi connectivity index (χ1v) is 9.81. The van der Waals surface area contributed by atoms with Crippen LogP contribution in [0.25, 0.3) is 0 Å². The number of benzene rings is 1. The van der Waals surface area contributed by atoms with Crippen LogP contribution in [-0.4, -0.2) is 42.1 Å². The van der Waals surface area contributed by atoms with Crippen LogP contribution < -0.4 is 0 Å². The van der Waals surface area contributed by atoms with E-state index in [2.05, 4.69) is 0 Å². The fourth-order valence-electron chi connectivity index (χ4n) is 4.46. The first-order chi connectivity index (χ1) is 13.0. The summed E-state index contributed by atoms with van der Waals surface area (Å²) in [7, 11) is 1.38. The zero-order valence-electron chi connectivity index (χ0n) is 15.8. The number of hydrogen-bond donors (Lipinski definition) is 1. The molecule has 3 rings (SSSR count). The predicted octanol–water partition coefficient (Wildman–Crippen LogP) is 3.08. The number of ether oxygens (including phenoxy) is 1. The Hall–Kier alpha value is -1.95. The van der Waals surface area contributed by atoms with Gasteiger partial charge < -0.3 is 14.7 Å². The SMILES string of the molecule is COC(=O)[C@@H]1CCCC[C@H]1C(=O)N1CCC([C@@H](O)c2ccc(F)cc2)CC1. The number of likely N-dealkylation sites (tertiary alicyclic amines) is 1. The number of aliphatic hydroxyl groups is 1. The van der Waals surface area contributed by atoms with Gasteiger partial charge in [-0.15, -0.1) is 0 Å². The number of hydrogen-bond acceptors (Lipinski definition) is 4. The summed E-state index contributed by atoms with van der Waals surface area (Å²) in [6.07, 6.45) is 4.10. The molecule has 1 saturated heterocycles. The Bertz CT molecular complexity index is 655. The molecular formula is C21H28FNO4. The number of esters is 1. The standard InChI is InChI=1S/C21H28FNO4/c1-27-21(26)18-5-3-2-4-17(18)20(25)23-12-10-15(11-13-23)19(24)14-6-8-16(22)9-7-14/h6-9,15,17-19,24H,2-5,10-13H2,1H3/t17-,18-,19+/m1/s1. The summed E-state index contributed by atoms with van der Waals surface area (Å²) in [5.74, 6) is -1.14. The molecule has 1 N–H and O–H groups in total. The van der Waals surface area contributed by atoms with Crippen molar-refractivity contribution in [2.24, 2.45) is 17.8 Å². The molecular weight excluding hydrogens is 349 g/mol. The number of amides is 1. The average Bonchev–Trinajstić information content (AvgIpc) is 2.73. The topological polar surface area (TPSA) is 66.8 Å². The maximum Gasteiger partial charge on any atom is 0.309 e. The Kier molecular flexibility index (Phi) is 6.47. The highest BCUT2D eigenvalue weighted by Crippen LogP contribution is 2.35. The van der Waals surface area contributed by atoms with Gasteiger partial charge in [-0.3, -0.25) is 9.59 Å². The van der Waals surface area contributed by atoms with Crippen molar-refractivity contribution in [1.29, 1.82) is 0 Å². The van der Waals surface area contributed by atoms with Crippen LogP contribution in [0.5, 0.6) is 0 Å². The lowest BCUT2D eigenvalue weighted by Gasteiger charge is -2.38. The average molecular weight is 377 g/mol. The van der Waals surface area contributed by atoms with E-state index in [0.29, 0.717) is 37.9 Å². The molecule has 1 heterocycles. The maximum atomic E-state index is 13.1. The molecule has 0 unspecified atom stereocenters. The molecule has 3 atom stereocenters. The molecule has 1 amide bonds. The zero-order valence-corrected chi connectivity index (χ0v) is 15.8. The van der Waals surface area contributed by atoms with Crippen LogP contribution in [-0.2, 0) is 14.3 Å². The molecule has 1 aromatic rings. The first kappa shape index (κ1) is 19.8. The van der Waals surface area contributed by atoms with Crippen molar-refractivity contribution in [2.75, 3.05) is 20.2 Å². The van der Waals surface area contributed by atoms with Gasteiger partial charge in [0.2, 0.25) is 5.91 Å². The van der Waals surface area contributed by atoms with Gasteiger partial charge in [0.25, 0.3) is 0 Å². The fourth-order valence-corrected chi connectivity index (χ4v) is 4.46. The number of carbonyl (C=O) groups excluding carboxylic acids is 2. The Morgan fingerprint density at radius 1 is 1.07 bits per heavy atom. The Morgan fingerprint density at radius 3 is 2.26 bits per heavy atom. The Morgan fingerprint density at radius 2 is 1.67 bits per heavy atom. The molecule has 148 valence electrons. The van der Waals surface area contributed by atoms with E-state index in [1.54, 1.807) is 12.1 Å². The van der Waals surface area contributed by atoms with Gasteiger partial charge in [-0.2, -0.15) is 0 Å². The molecule has 0 radical (unpaired) electrons. The molecule has 5 nitrogen and oxygen atoms in total. The van der Waals surface area contributed by atoms with Gasteiger partial charge in [-0.25, -0.2) is 4.39 Å². The van der Waals surface area contributed by atoms with E-state index in [1.165, 1.54) is 19.2 Å². The largest absolute Gasteiger partial charge is 0.469 e. The monoisotopic (exact) mass is 377 g/mol. The van der Waals surface area contributed by atoms with Crippen molar-refractivity contribution in [2.45, 2.75) is 44.6 Å². The molecule has 0 spiro atoms. The number of piperidine rings is 1. The Balaban J connectivity index is 1.58. The number of halogens is 1. The van der Waals surface area contributed by atoms with E-state index in [9.17, 15) is 19.1 Å². The summed E-state index contributed by atoms with van der Waals surface area (Å²) in [5, 5.41) is 10.6. The lowest BCUT2D eigenvalue weighted by atomic mass is 9.78. The number of nitrogens with zero attached hydrogens (tertiary/aromatic N) is 1. The van der Waals surface area contributed by atoms with Crippen LogP contribution in [0.15, 0.2) is 24.3 Å². The van der Waals surface area contributed by atoms with E-state index in [-0.39, 0.29) is 35.4 Å². The van der Waals surface area contributed by atoms with Crippen molar-refractivity contribution >= 4 is 11.9 Å². The summed E-state index contributed by atoms with van der Waals surface area (Å²) in [5.41, 5.74) is 0.708. The number of methoxy groups -OCH3 is 1. The second kappa shape index (κ2) is 8.83. The second-order valence-corrected chi connectivity index (χ2v) is 7.68. The van der Waals surface area contributed by atoms with Gasteiger partial charge in [0, 0.05) is 13.1 Å². The summed E-state index contributed by atoms with van der Waals surface area (Å²) in [4.78, 5) is 26.8. The third-order valence-corrected chi connectivity index (χ3v) is 6.10. The second-order valence-electron chi connectivity index (χ2n) is 7.68. The summed E-state index contributed by atoms with van der Waals surface area (Å²) < 4.78 is 18.0. The van der Waals surface area contributed by atoms with E-state index in [0.717, 1.165) is 19.3 Å². The highest BCUT2D eigenvalue weighted by Gasteiger charge is 2.39. The van der Waals surface area contributed by atoms with Crippen LogP contribution in [0.2, 0.25) is 0 Å². The smallest absolute Gasteiger partial charge is 0.309 e. The number of aliphatic hydroxyl groups excluding tert-OH is 1. The minimum Gasteiger partial charge on any atom is -0.469 e. The van der Waals surface area contributed by atoms with Gasteiger partial charge >= 0.3 is 5.97 Å². The molecule has 0 bridgehead atoms. The molecule has 27 heavy (non-hydrogen) atoms. The molecule has 1 aromatic carbocycles. The zero-order chi connectivity index (χ0) is 19.4. The van der Waals surface area contributed by atoms with E-state index < -0.39 is 6.10 Å². The van der Waals surface area contributed by atoms with Gasteiger partial charge in [-0.05, 0) is 49.3 Å². The molecule has 2 aliphatic rings. The first-order valence-electron chi connectivity index (χ1n) is 9.81. The number of rotatable bonds is 4. The summed E-state index contributed by atoms with van der Waals surface area (Å²) in [6.45, 7) is 1.15. The highest BCUT2D eigenvalue weighted by molar-refractivity contribution is 5.85. The minimum atomic E-state index is -0.652. The number of carbonyl (C=O) groups is 2. The van der Waals surface area contributed by atoms with Crippen molar-refractivity contribution < 1.29 is 23.8 Å². The van der Waals surface area contributed by atoms with Crippen molar-refractivity contribution in [3.63, 3.8) is 0 Å². The van der Waals surface area contributed by atoms with Crippen molar-refractivity contribution in [3.05, 3.63) is 35.6 Å². The molecule has 1 aliphatic carbocycles. The van der Waals surface area contributed by atoms with Crippen LogP contribution >= 0.6 is 0 Å². The third kappa shape index (κ3) is 4.49. The lowest BCUT2D eigenvalue weighted by Crippen LogP contribution is -2.46. The van der Waals surface area contributed by atoms with E-state index >= 15 is 0 Å². The van der Waals surface area contributed by atoms with Crippen LogP contribution in [0, 0.1) is 23.6 Å². The molecule has 1 aliphatic heterocycles. The molecule has 1 saturated carbocycles. The lowest BCUT2D eigenvalue weighted by molar-refractivity contribution is -0.155.